The third-order valence-corrected chi connectivity index (χ3v) is 3.50. The zero-order valence-electron chi connectivity index (χ0n) is 19.1. The second-order valence-electron chi connectivity index (χ2n) is 7.95. The molecule has 0 unspecified atom stereocenters. The van der Waals surface area contributed by atoms with Crippen LogP contribution in [0.3, 0.4) is 0 Å². The highest BCUT2D eigenvalue weighted by molar-refractivity contribution is 5.71. The Bertz CT molecular complexity index is 497. The third-order valence-electron chi connectivity index (χ3n) is 3.50. The van der Waals surface area contributed by atoms with E-state index < -0.39 is 0 Å². The summed E-state index contributed by atoms with van der Waals surface area (Å²) in [5.41, 5.74) is 2.20. The van der Waals surface area contributed by atoms with Gasteiger partial charge in [-0.1, -0.05) is 32.9 Å². The Balaban J connectivity index is 0. The minimum absolute atomic E-state index is 0.0285. The molecule has 0 aliphatic carbocycles. The van der Waals surface area contributed by atoms with Gasteiger partial charge < -0.3 is 14.4 Å². The van der Waals surface area contributed by atoms with Gasteiger partial charge in [0.05, 0.1) is 13.0 Å². The fourth-order valence-electron chi connectivity index (χ4n) is 2.09. The molecule has 5 heteroatoms. The van der Waals surface area contributed by atoms with E-state index >= 15 is 0 Å². The lowest BCUT2D eigenvalue weighted by Crippen LogP contribution is -2.26. The van der Waals surface area contributed by atoms with Crippen LogP contribution in [0.15, 0.2) is 23.4 Å². The molecule has 0 fully saturated rings. The number of ether oxygens (including phenoxy) is 2. The van der Waals surface area contributed by atoms with Gasteiger partial charge in [0.15, 0.2) is 0 Å². The highest BCUT2D eigenvalue weighted by atomic mass is 16.6. The molecular formula is C22H41NO4. The van der Waals surface area contributed by atoms with E-state index in [2.05, 4.69) is 35.6 Å². The molecule has 5 nitrogen and oxygen atoms in total. The van der Waals surface area contributed by atoms with Crippen LogP contribution in [0.4, 0.5) is 0 Å². The van der Waals surface area contributed by atoms with Gasteiger partial charge >= 0.3 is 11.9 Å². The van der Waals surface area contributed by atoms with E-state index in [1.54, 1.807) is 0 Å². The summed E-state index contributed by atoms with van der Waals surface area (Å²) in [6.45, 7) is 13.5. The van der Waals surface area contributed by atoms with Crippen LogP contribution in [-0.4, -0.2) is 43.6 Å². The maximum Gasteiger partial charge on any atom is 0.308 e. The minimum atomic E-state index is -0.346. The van der Waals surface area contributed by atoms with Gasteiger partial charge in [-0.2, -0.15) is 0 Å². The quantitative estimate of drug-likeness (QED) is 0.430. The second kappa shape index (κ2) is 14.3. The molecule has 27 heavy (non-hydrogen) atoms. The van der Waals surface area contributed by atoms with Gasteiger partial charge in [0, 0.05) is 26.2 Å². The molecule has 158 valence electrons. The number of rotatable bonds is 8. The summed E-state index contributed by atoms with van der Waals surface area (Å²) in [6, 6.07) is 0. The van der Waals surface area contributed by atoms with Crippen molar-refractivity contribution in [1.82, 2.24) is 4.90 Å². The smallest absolute Gasteiger partial charge is 0.308 e. The first-order valence-corrected chi connectivity index (χ1v) is 9.68. The number of carbonyl (C=O) groups is 2. The van der Waals surface area contributed by atoms with Crippen LogP contribution in [0, 0.1) is 5.92 Å². The first-order chi connectivity index (χ1) is 12.4. The van der Waals surface area contributed by atoms with Gasteiger partial charge in [-0.15, -0.1) is 0 Å². The summed E-state index contributed by atoms with van der Waals surface area (Å²) >= 11 is 0. The maximum atomic E-state index is 11.0. The van der Waals surface area contributed by atoms with Crippen LogP contribution >= 0.6 is 0 Å². The molecule has 0 amide bonds. The predicted molar refractivity (Wildman–Crippen MR) is 112 cm³/mol. The van der Waals surface area contributed by atoms with Gasteiger partial charge in [-0.3, -0.25) is 9.59 Å². The van der Waals surface area contributed by atoms with Crippen molar-refractivity contribution in [3.05, 3.63) is 23.4 Å². The monoisotopic (exact) mass is 383 g/mol. The molecular weight excluding hydrogens is 342 g/mol. The fraction of sp³-hybridized carbons (Fsp3) is 0.727. The van der Waals surface area contributed by atoms with Gasteiger partial charge in [-0.25, -0.2) is 0 Å². The Hall–Kier alpha value is -1.78. The standard InChI is InChI=1S/C14H25NO2.C8H16O2/c1-6-7-9-12(2)13(15(3)4)10-8-11-14(16)17-5;1-6(2)7(9)10-8(3,4)5/h7,9H,6,8,10-11H2,1-5H3;6H,1-5H3/b9-7+,13-12-;. The molecule has 0 aliphatic heterocycles. The van der Waals surface area contributed by atoms with Crippen molar-refractivity contribution in [1.29, 1.82) is 0 Å². The molecule has 0 rings (SSSR count). The zero-order chi connectivity index (χ0) is 21.6. The fourth-order valence-corrected chi connectivity index (χ4v) is 2.09. The molecule has 0 heterocycles. The van der Waals surface area contributed by atoms with E-state index in [1.807, 2.05) is 48.7 Å². The average molecular weight is 384 g/mol. The first kappa shape index (κ1) is 27.4. The number of allylic oxidation sites excluding steroid dienone is 4. The van der Waals surface area contributed by atoms with Crippen molar-refractivity contribution in [2.45, 2.75) is 79.8 Å². The molecule has 0 aliphatic rings. The number of hydrogen-bond donors (Lipinski definition) is 0. The summed E-state index contributed by atoms with van der Waals surface area (Å²) in [5, 5.41) is 0. The van der Waals surface area contributed by atoms with Gasteiger partial charge in [-0.05, 0) is 52.5 Å². The molecule has 0 atom stereocenters. The lowest BCUT2D eigenvalue weighted by Gasteiger charge is -2.20. The van der Waals surface area contributed by atoms with Gasteiger partial charge in [0.1, 0.15) is 5.60 Å². The number of hydrogen-bond acceptors (Lipinski definition) is 5. The molecule has 0 radical (unpaired) electrons. The lowest BCUT2D eigenvalue weighted by molar-refractivity contribution is -0.158. The van der Waals surface area contributed by atoms with Crippen molar-refractivity contribution in [3.8, 4) is 0 Å². The Kier molecular flexibility index (Phi) is 14.5. The van der Waals surface area contributed by atoms with Crippen LogP contribution in [0.5, 0.6) is 0 Å². The van der Waals surface area contributed by atoms with Crippen LogP contribution in [0.2, 0.25) is 0 Å². The molecule has 0 saturated heterocycles. The zero-order valence-corrected chi connectivity index (χ0v) is 19.1. The molecule has 0 aromatic carbocycles. The SMILES string of the molecule is CC(C)C(=O)OC(C)(C)C.CC/C=C/C(C)=C(/CCCC(=O)OC)N(C)C. The predicted octanol–water partition coefficient (Wildman–Crippen LogP) is 5.12. The van der Waals surface area contributed by atoms with Crippen LogP contribution in [0.25, 0.3) is 0 Å². The van der Waals surface area contributed by atoms with Gasteiger partial charge in [0.25, 0.3) is 0 Å². The third kappa shape index (κ3) is 16.1. The van der Waals surface area contributed by atoms with Crippen LogP contribution < -0.4 is 0 Å². The minimum Gasteiger partial charge on any atom is -0.469 e. The summed E-state index contributed by atoms with van der Waals surface area (Å²) in [4.78, 5) is 24.1. The summed E-state index contributed by atoms with van der Waals surface area (Å²) in [5.74, 6) is -0.295. The number of nitrogens with zero attached hydrogens (tertiary/aromatic N) is 1. The number of carbonyl (C=O) groups excluding carboxylic acids is 2. The Morgan fingerprint density at radius 1 is 1.11 bits per heavy atom. The van der Waals surface area contributed by atoms with Crippen molar-refractivity contribution >= 4 is 11.9 Å². The van der Waals surface area contributed by atoms with E-state index in [0.717, 1.165) is 19.3 Å². The van der Waals surface area contributed by atoms with E-state index in [1.165, 1.54) is 18.4 Å². The van der Waals surface area contributed by atoms with Crippen LogP contribution in [-0.2, 0) is 19.1 Å². The van der Waals surface area contributed by atoms with Crippen molar-refractivity contribution in [2.75, 3.05) is 21.2 Å². The van der Waals surface area contributed by atoms with E-state index in [9.17, 15) is 9.59 Å². The Morgan fingerprint density at radius 3 is 2.00 bits per heavy atom. The topological polar surface area (TPSA) is 55.8 Å². The molecule has 0 bridgehead atoms. The van der Waals surface area contributed by atoms with E-state index in [0.29, 0.717) is 6.42 Å². The lowest BCUT2D eigenvalue weighted by atomic mass is 10.1. The summed E-state index contributed by atoms with van der Waals surface area (Å²) in [7, 11) is 5.51. The molecule has 0 aromatic heterocycles. The van der Waals surface area contributed by atoms with E-state index in [4.69, 9.17) is 4.74 Å². The maximum absolute atomic E-state index is 11.0. The molecule has 0 saturated carbocycles. The highest BCUT2D eigenvalue weighted by Gasteiger charge is 2.18. The highest BCUT2D eigenvalue weighted by Crippen LogP contribution is 2.16. The normalized spacial score (nSPS) is 12.3. The first-order valence-electron chi connectivity index (χ1n) is 9.68. The van der Waals surface area contributed by atoms with Crippen LogP contribution in [0.1, 0.15) is 74.1 Å². The Labute approximate surface area is 166 Å². The summed E-state index contributed by atoms with van der Waals surface area (Å²) in [6.07, 6.45) is 7.56. The average Bonchev–Trinajstić information content (AvgIpc) is 2.54. The summed E-state index contributed by atoms with van der Waals surface area (Å²) < 4.78 is 9.70. The molecule has 0 spiro atoms. The van der Waals surface area contributed by atoms with E-state index in [-0.39, 0.29) is 23.5 Å². The number of methoxy groups -OCH3 is 1. The number of esters is 2. The van der Waals surface area contributed by atoms with Crippen molar-refractivity contribution in [2.24, 2.45) is 5.92 Å². The second-order valence-corrected chi connectivity index (χ2v) is 7.95. The molecule has 0 aromatic rings. The van der Waals surface area contributed by atoms with Crippen molar-refractivity contribution < 1.29 is 19.1 Å². The largest absolute Gasteiger partial charge is 0.469 e. The van der Waals surface area contributed by atoms with Crippen molar-refractivity contribution in [3.63, 3.8) is 0 Å². The molecule has 0 N–H and O–H groups in total. The van der Waals surface area contributed by atoms with Gasteiger partial charge in [0.2, 0.25) is 0 Å². The Morgan fingerprint density at radius 2 is 1.67 bits per heavy atom.